The monoisotopic (exact) mass is 387 g/mol. The molecule has 2 aliphatic rings. The maximum Gasteiger partial charge on any atom is 0.338 e. The van der Waals surface area contributed by atoms with E-state index in [1.807, 2.05) is 18.3 Å². The highest BCUT2D eigenvalue weighted by molar-refractivity contribution is 5.92. The molecule has 1 aromatic heterocycles. The van der Waals surface area contributed by atoms with E-state index in [0.717, 1.165) is 30.2 Å². The van der Waals surface area contributed by atoms with Crippen LogP contribution in [0.5, 0.6) is 0 Å². The fourth-order valence-electron chi connectivity index (χ4n) is 3.09. The van der Waals surface area contributed by atoms with Gasteiger partial charge in [0.1, 0.15) is 6.42 Å². The zero-order valence-electron chi connectivity index (χ0n) is 15.5. The Kier molecular flexibility index (Phi) is 5.53. The molecule has 0 aromatic carbocycles. The Bertz CT molecular complexity index is 857. The summed E-state index contributed by atoms with van der Waals surface area (Å²) in [7, 11) is 0. The molecule has 0 saturated heterocycles. The van der Waals surface area contributed by atoms with Crippen molar-refractivity contribution in [1.82, 2.24) is 4.98 Å². The lowest BCUT2D eigenvalue weighted by Crippen LogP contribution is -2.37. The van der Waals surface area contributed by atoms with E-state index >= 15 is 0 Å². The van der Waals surface area contributed by atoms with Crippen molar-refractivity contribution in [3.8, 4) is 0 Å². The summed E-state index contributed by atoms with van der Waals surface area (Å²) < 4.78 is 5.15. The summed E-state index contributed by atoms with van der Waals surface area (Å²) in [6.07, 6.45) is 7.57. The third kappa shape index (κ3) is 4.79. The Labute approximate surface area is 161 Å². The van der Waals surface area contributed by atoms with Crippen LogP contribution in [0.4, 0.5) is 0 Å². The molecular formula is C19H21N3O6. The zero-order chi connectivity index (χ0) is 20.3. The molecule has 9 heteroatoms. The van der Waals surface area contributed by atoms with Gasteiger partial charge in [0, 0.05) is 42.3 Å². The van der Waals surface area contributed by atoms with E-state index in [2.05, 4.69) is 4.98 Å². The van der Waals surface area contributed by atoms with Gasteiger partial charge in [-0.05, 0) is 36.8 Å². The normalized spacial score (nSPS) is 21.5. The van der Waals surface area contributed by atoms with Crippen molar-refractivity contribution in [3.63, 3.8) is 0 Å². The second-order valence-corrected chi connectivity index (χ2v) is 7.47. The number of hydrogen-bond acceptors (Lipinski definition) is 7. The molecule has 28 heavy (non-hydrogen) atoms. The minimum Gasteiger partial charge on any atom is -0.462 e. The highest BCUT2D eigenvalue weighted by Crippen LogP contribution is 2.32. The predicted octanol–water partition coefficient (Wildman–Crippen LogP) is 2.65. The lowest BCUT2D eigenvalue weighted by molar-refractivity contribution is -0.557. The number of nitro groups is 2. The first-order valence-corrected chi connectivity index (χ1v) is 9.10. The third-order valence-electron chi connectivity index (χ3n) is 4.91. The highest BCUT2D eigenvalue weighted by Gasteiger charge is 2.44. The smallest absolute Gasteiger partial charge is 0.338 e. The topological polar surface area (TPSA) is 125 Å². The lowest BCUT2D eigenvalue weighted by Gasteiger charge is -2.20. The van der Waals surface area contributed by atoms with Crippen LogP contribution in [0.3, 0.4) is 0 Å². The second kappa shape index (κ2) is 7.87. The van der Waals surface area contributed by atoms with Crippen molar-refractivity contribution in [2.45, 2.75) is 44.6 Å². The fraction of sp³-hybridized carbons (Fsp3) is 0.474. The van der Waals surface area contributed by atoms with E-state index in [0.29, 0.717) is 6.42 Å². The van der Waals surface area contributed by atoms with Crippen LogP contribution >= 0.6 is 0 Å². The minimum atomic E-state index is -1.72. The summed E-state index contributed by atoms with van der Waals surface area (Å²) in [5, 5.41) is 22.3. The van der Waals surface area contributed by atoms with Crippen LogP contribution in [-0.2, 0) is 22.4 Å². The minimum absolute atomic E-state index is 0.0297. The quantitative estimate of drug-likeness (QED) is 0.381. The summed E-state index contributed by atoms with van der Waals surface area (Å²) in [5.41, 5.74) is -0.329. The van der Waals surface area contributed by atoms with Gasteiger partial charge in [0.15, 0.2) is 0 Å². The molecule has 1 unspecified atom stereocenters. The molecule has 1 fully saturated rings. The van der Waals surface area contributed by atoms with Gasteiger partial charge in [-0.25, -0.2) is 4.79 Å². The van der Waals surface area contributed by atoms with Gasteiger partial charge in [-0.15, -0.1) is 0 Å². The molecule has 0 aliphatic heterocycles. The van der Waals surface area contributed by atoms with Crippen molar-refractivity contribution >= 4 is 5.97 Å². The van der Waals surface area contributed by atoms with Gasteiger partial charge in [0.25, 0.3) is 5.70 Å². The SMILES string of the molecule is CC1([N+](=O)[O-])C=C(C(=O)OCCc2ccc(CC3CC3)cn2)C=C([N+](=O)[O-])C1. The molecule has 3 rings (SSSR count). The predicted molar refractivity (Wildman–Crippen MR) is 98.5 cm³/mol. The summed E-state index contributed by atoms with van der Waals surface area (Å²) in [4.78, 5) is 37.6. The van der Waals surface area contributed by atoms with Crippen molar-refractivity contribution in [2.75, 3.05) is 6.61 Å². The number of carbonyl (C=O) groups excluding carboxylic acids is 1. The molecule has 0 bridgehead atoms. The molecule has 2 aliphatic carbocycles. The van der Waals surface area contributed by atoms with E-state index in [4.69, 9.17) is 4.74 Å². The van der Waals surface area contributed by atoms with Gasteiger partial charge in [0.05, 0.1) is 17.1 Å². The molecule has 1 heterocycles. The number of ether oxygens (including phenoxy) is 1. The highest BCUT2D eigenvalue weighted by atomic mass is 16.6. The maximum atomic E-state index is 12.2. The van der Waals surface area contributed by atoms with Gasteiger partial charge < -0.3 is 4.74 Å². The zero-order valence-corrected chi connectivity index (χ0v) is 15.5. The average molecular weight is 387 g/mol. The molecular weight excluding hydrogens is 366 g/mol. The van der Waals surface area contributed by atoms with E-state index in [9.17, 15) is 25.0 Å². The number of rotatable bonds is 8. The molecule has 148 valence electrons. The standard InChI is InChI=1S/C19H21N3O6/c1-19(22(26)27)10-15(9-17(11-19)21(24)25)18(23)28-7-6-16-5-4-14(12-20-16)8-13-2-3-13/h4-5,9-10,12-13H,2-3,6-8,11H2,1H3. The van der Waals surface area contributed by atoms with Crippen LogP contribution in [0.25, 0.3) is 0 Å². The van der Waals surface area contributed by atoms with Gasteiger partial charge in [-0.2, -0.15) is 0 Å². The van der Waals surface area contributed by atoms with Crippen molar-refractivity contribution in [2.24, 2.45) is 5.92 Å². The van der Waals surface area contributed by atoms with E-state index in [-0.39, 0.29) is 24.3 Å². The number of nitrogens with zero attached hydrogens (tertiary/aromatic N) is 3. The first-order valence-electron chi connectivity index (χ1n) is 9.10. The van der Waals surface area contributed by atoms with Gasteiger partial charge in [-0.3, -0.25) is 25.2 Å². The van der Waals surface area contributed by atoms with Crippen molar-refractivity contribution in [1.29, 1.82) is 0 Å². The fourth-order valence-corrected chi connectivity index (χ4v) is 3.09. The molecule has 9 nitrogen and oxygen atoms in total. The number of esters is 1. The first-order chi connectivity index (χ1) is 13.3. The van der Waals surface area contributed by atoms with Crippen LogP contribution in [-0.4, -0.2) is 32.9 Å². The summed E-state index contributed by atoms with van der Waals surface area (Å²) in [5.74, 6) is -0.0446. The van der Waals surface area contributed by atoms with Gasteiger partial charge >= 0.3 is 5.97 Å². The van der Waals surface area contributed by atoms with Crippen molar-refractivity contribution < 1.29 is 19.4 Å². The van der Waals surface area contributed by atoms with Crippen LogP contribution in [0.2, 0.25) is 0 Å². The largest absolute Gasteiger partial charge is 0.462 e. The van der Waals surface area contributed by atoms with Gasteiger partial charge in [-0.1, -0.05) is 6.07 Å². The Morgan fingerprint density at radius 3 is 2.64 bits per heavy atom. The molecule has 1 aromatic rings. The van der Waals surface area contributed by atoms with Crippen LogP contribution in [0.15, 0.2) is 41.8 Å². The Hall–Kier alpha value is -3.10. The molecule has 1 atom stereocenters. The van der Waals surface area contributed by atoms with Crippen LogP contribution in [0, 0.1) is 26.1 Å². The van der Waals surface area contributed by atoms with Crippen LogP contribution in [0.1, 0.15) is 37.4 Å². The molecule has 0 spiro atoms. The first kappa shape index (κ1) is 19.7. The second-order valence-electron chi connectivity index (χ2n) is 7.47. The molecule has 0 radical (unpaired) electrons. The average Bonchev–Trinajstić information content (AvgIpc) is 3.46. The number of hydrogen-bond donors (Lipinski definition) is 0. The summed E-state index contributed by atoms with van der Waals surface area (Å²) in [6.45, 7) is 1.27. The molecule has 0 N–H and O–H groups in total. The third-order valence-corrected chi connectivity index (χ3v) is 4.91. The Morgan fingerprint density at radius 1 is 1.32 bits per heavy atom. The molecule has 1 saturated carbocycles. The summed E-state index contributed by atoms with van der Waals surface area (Å²) >= 11 is 0. The van der Waals surface area contributed by atoms with Crippen LogP contribution < -0.4 is 0 Å². The van der Waals surface area contributed by atoms with E-state index < -0.39 is 21.4 Å². The lowest BCUT2D eigenvalue weighted by atomic mass is 9.88. The van der Waals surface area contributed by atoms with E-state index in [1.165, 1.54) is 25.3 Å². The maximum absolute atomic E-state index is 12.2. The van der Waals surface area contributed by atoms with Crippen molar-refractivity contribution in [3.05, 3.63) is 73.2 Å². The Balaban J connectivity index is 1.59. The van der Waals surface area contributed by atoms with E-state index in [1.54, 1.807) is 0 Å². The van der Waals surface area contributed by atoms with Gasteiger partial charge in [0.2, 0.25) is 5.54 Å². The Morgan fingerprint density at radius 2 is 2.07 bits per heavy atom. The molecule has 0 amide bonds. The summed E-state index contributed by atoms with van der Waals surface area (Å²) in [6, 6.07) is 3.90. The number of carbonyl (C=O) groups is 1. The number of aromatic nitrogens is 1. The number of pyridine rings is 1.